The molecule has 0 fully saturated rings. The largest absolute Gasteiger partial charge is 0.507 e. The van der Waals surface area contributed by atoms with E-state index >= 15 is 0 Å². The molecule has 0 heterocycles. The average Bonchev–Trinajstić information content (AvgIpc) is 2.25. The van der Waals surface area contributed by atoms with Gasteiger partial charge in [0.15, 0.2) is 0 Å². The number of rotatable bonds is 2. The first kappa shape index (κ1) is 13.7. The van der Waals surface area contributed by atoms with Crippen molar-refractivity contribution in [1.82, 2.24) is 10.9 Å². The monoisotopic (exact) mass is 260 g/mol. The average molecular weight is 260 g/mol. The number of nitrogens with one attached hydrogen (secondary N) is 2. The highest BCUT2D eigenvalue weighted by Crippen LogP contribution is 2.21. The number of hydrazine groups is 1. The van der Waals surface area contributed by atoms with Crippen molar-refractivity contribution in [2.24, 2.45) is 0 Å². The van der Waals surface area contributed by atoms with Gasteiger partial charge in [-0.25, -0.2) is 19.0 Å². The van der Waals surface area contributed by atoms with Gasteiger partial charge in [0.25, 0.3) is 5.91 Å². The van der Waals surface area contributed by atoms with Crippen LogP contribution in [0.4, 0.5) is 13.6 Å². The van der Waals surface area contributed by atoms with Gasteiger partial charge >= 0.3 is 6.09 Å². The molecule has 0 aliphatic rings. The van der Waals surface area contributed by atoms with E-state index in [0.29, 0.717) is 12.1 Å². The molecule has 1 aromatic carbocycles. The molecule has 0 saturated heterocycles. The Hall–Kier alpha value is -2.38. The highest BCUT2D eigenvalue weighted by atomic mass is 19.1. The Balaban J connectivity index is 2.76. The van der Waals surface area contributed by atoms with E-state index in [2.05, 4.69) is 4.74 Å². The molecule has 1 rings (SSSR count). The van der Waals surface area contributed by atoms with Crippen LogP contribution in [-0.4, -0.2) is 23.7 Å². The van der Waals surface area contributed by atoms with Crippen molar-refractivity contribution in [3.8, 4) is 5.75 Å². The van der Waals surface area contributed by atoms with E-state index in [1.165, 1.54) is 0 Å². The van der Waals surface area contributed by atoms with Crippen LogP contribution < -0.4 is 10.9 Å². The molecule has 0 saturated carbocycles. The van der Waals surface area contributed by atoms with E-state index < -0.39 is 34.9 Å². The topological polar surface area (TPSA) is 87.7 Å². The summed E-state index contributed by atoms with van der Waals surface area (Å²) in [5, 5.41) is 9.23. The minimum Gasteiger partial charge on any atom is -0.507 e. The first-order valence-electron chi connectivity index (χ1n) is 4.86. The molecule has 98 valence electrons. The molecule has 0 aromatic heterocycles. The predicted molar refractivity (Wildman–Crippen MR) is 55.6 cm³/mol. The highest BCUT2D eigenvalue weighted by molar-refractivity contribution is 5.97. The maximum Gasteiger partial charge on any atom is 0.426 e. The van der Waals surface area contributed by atoms with Crippen molar-refractivity contribution in [3.63, 3.8) is 0 Å². The fraction of sp³-hybridized carbons (Fsp3) is 0.200. The van der Waals surface area contributed by atoms with Crippen LogP contribution in [0.3, 0.4) is 0 Å². The summed E-state index contributed by atoms with van der Waals surface area (Å²) in [4.78, 5) is 22.2. The molecule has 0 bridgehead atoms. The maximum absolute atomic E-state index is 13.2. The quantitative estimate of drug-likeness (QED) is 0.694. The summed E-state index contributed by atoms with van der Waals surface area (Å²) in [6.45, 7) is 1.63. The number of carbonyl (C=O) groups excluding carboxylic acids is 2. The number of carbonyl (C=O) groups is 2. The molecule has 0 radical (unpaired) electrons. The van der Waals surface area contributed by atoms with Crippen molar-refractivity contribution < 1.29 is 28.2 Å². The number of phenolic OH excluding ortho intramolecular Hbond substituents is 1. The molecule has 2 amide bonds. The van der Waals surface area contributed by atoms with Crippen LogP contribution in [0.25, 0.3) is 0 Å². The SMILES string of the molecule is CCOC(=O)NNC(=O)c1c(O)cc(F)cc1F. The fourth-order valence-corrected chi connectivity index (χ4v) is 1.12. The molecule has 0 atom stereocenters. The molecule has 8 heteroatoms. The van der Waals surface area contributed by atoms with Gasteiger partial charge in [-0.05, 0) is 6.92 Å². The summed E-state index contributed by atoms with van der Waals surface area (Å²) in [5.41, 5.74) is 2.83. The van der Waals surface area contributed by atoms with Crippen molar-refractivity contribution in [3.05, 3.63) is 29.3 Å². The second-order valence-corrected chi connectivity index (χ2v) is 3.08. The van der Waals surface area contributed by atoms with E-state index in [9.17, 15) is 23.5 Å². The molecular weight excluding hydrogens is 250 g/mol. The zero-order chi connectivity index (χ0) is 13.7. The summed E-state index contributed by atoms with van der Waals surface area (Å²) in [5.74, 6) is -4.30. The summed E-state index contributed by atoms with van der Waals surface area (Å²) in [6.07, 6.45) is -0.951. The molecule has 3 N–H and O–H groups in total. The number of ether oxygens (including phenoxy) is 1. The normalized spacial score (nSPS) is 9.72. The molecule has 0 aliphatic carbocycles. The number of halogens is 2. The minimum atomic E-state index is -1.25. The number of benzene rings is 1. The van der Waals surface area contributed by atoms with Crippen LogP contribution in [0.2, 0.25) is 0 Å². The lowest BCUT2D eigenvalue weighted by atomic mass is 10.1. The van der Waals surface area contributed by atoms with Gasteiger partial charge in [0.1, 0.15) is 22.9 Å². The second-order valence-electron chi connectivity index (χ2n) is 3.08. The Bertz CT molecular complexity index is 456. The van der Waals surface area contributed by atoms with Crippen LogP contribution in [0.15, 0.2) is 12.1 Å². The predicted octanol–water partition coefficient (Wildman–Crippen LogP) is 1.06. The van der Waals surface area contributed by atoms with Crippen LogP contribution in [0.5, 0.6) is 5.75 Å². The van der Waals surface area contributed by atoms with Crippen molar-refractivity contribution in [1.29, 1.82) is 0 Å². The van der Waals surface area contributed by atoms with E-state index in [4.69, 9.17) is 0 Å². The molecule has 0 spiro atoms. The van der Waals surface area contributed by atoms with E-state index in [1.807, 2.05) is 5.43 Å². The van der Waals surface area contributed by atoms with Crippen LogP contribution >= 0.6 is 0 Å². The second kappa shape index (κ2) is 5.80. The van der Waals surface area contributed by atoms with Crippen LogP contribution in [-0.2, 0) is 4.74 Å². The molecule has 18 heavy (non-hydrogen) atoms. The lowest BCUT2D eigenvalue weighted by Crippen LogP contribution is -2.42. The number of hydrogen-bond acceptors (Lipinski definition) is 4. The molecular formula is C10H10F2N2O4. The maximum atomic E-state index is 13.2. The van der Waals surface area contributed by atoms with E-state index in [0.717, 1.165) is 0 Å². The van der Waals surface area contributed by atoms with Gasteiger partial charge in [-0.1, -0.05) is 0 Å². The summed E-state index contributed by atoms with van der Waals surface area (Å²) < 4.78 is 30.3. The first-order chi connectivity index (χ1) is 8.45. The van der Waals surface area contributed by atoms with Crippen molar-refractivity contribution >= 4 is 12.0 Å². The lowest BCUT2D eigenvalue weighted by Gasteiger charge is -2.09. The Morgan fingerprint density at radius 3 is 2.56 bits per heavy atom. The third-order valence-electron chi connectivity index (χ3n) is 1.81. The van der Waals surface area contributed by atoms with Crippen molar-refractivity contribution in [2.45, 2.75) is 6.92 Å². The Kier molecular flexibility index (Phi) is 4.41. The minimum absolute atomic E-state index is 0.0812. The highest BCUT2D eigenvalue weighted by Gasteiger charge is 2.18. The number of phenols is 1. The zero-order valence-corrected chi connectivity index (χ0v) is 9.29. The third kappa shape index (κ3) is 3.30. The Labute approximate surface area is 101 Å². The molecule has 6 nitrogen and oxygen atoms in total. The first-order valence-corrected chi connectivity index (χ1v) is 4.86. The fourth-order valence-electron chi connectivity index (χ4n) is 1.12. The van der Waals surface area contributed by atoms with Gasteiger partial charge in [0, 0.05) is 12.1 Å². The summed E-state index contributed by atoms with van der Waals surface area (Å²) >= 11 is 0. The molecule has 1 aromatic rings. The van der Waals surface area contributed by atoms with Crippen molar-refractivity contribution in [2.75, 3.05) is 6.61 Å². The van der Waals surface area contributed by atoms with Gasteiger partial charge in [0.05, 0.1) is 6.61 Å². The summed E-state index contributed by atoms with van der Waals surface area (Å²) in [7, 11) is 0. The third-order valence-corrected chi connectivity index (χ3v) is 1.81. The Morgan fingerprint density at radius 1 is 1.33 bits per heavy atom. The number of aromatic hydroxyl groups is 1. The number of hydrogen-bond donors (Lipinski definition) is 3. The van der Waals surface area contributed by atoms with Gasteiger partial charge in [-0.3, -0.25) is 10.2 Å². The molecule has 0 unspecified atom stereocenters. The van der Waals surface area contributed by atoms with Gasteiger partial charge in [-0.2, -0.15) is 0 Å². The van der Waals surface area contributed by atoms with E-state index in [-0.39, 0.29) is 6.61 Å². The van der Waals surface area contributed by atoms with Gasteiger partial charge in [0.2, 0.25) is 0 Å². The standard InChI is InChI=1S/C10H10F2N2O4/c1-2-18-10(17)14-13-9(16)8-6(12)3-5(11)4-7(8)15/h3-4,15H,2H2,1H3,(H,13,16)(H,14,17). The van der Waals surface area contributed by atoms with Gasteiger partial charge < -0.3 is 9.84 Å². The smallest absolute Gasteiger partial charge is 0.426 e. The lowest BCUT2D eigenvalue weighted by molar-refractivity contribution is 0.0905. The molecule has 0 aliphatic heterocycles. The zero-order valence-electron chi connectivity index (χ0n) is 9.29. The number of amides is 2. The van der Waals surface area contributed by atoms with Crippen LogP contribution in [0.1, 0.15) is 17.3 Å². The Morgan fingerprint density at radius 2 is 2.00 bits per heavy atom. The van der Waals surface area contributed by atoms with Gasteiger partial charge in [-0.15, -0.1) is 0 Å². The summed E-state index contributed by atoms with van der Waals surface area (Å²) in [6, 6.07) is 1.00. The van der Waals surface area contributed by atoms with E-state index in [1.54, 1.807) is 12.3 Å². The van der Waals surface area contributed by atoms with Crippen LogP contribution in [0, 0.1) is 11.6 Å².